The Bertz CT molecular complexity index is 3260. The maximum atomic E-state index is 14.8. The van der Waals surface area contributed by atoms with Crippen LogP contribution in [0.25, 0.3) is 100 Å². The second-order valence-electron chi connectivity index (χ2n) is 14.8. The smallest absolute Gasteiger partial charge is 0.309 e. The highest BCUT2D eigenvalue weighted by Gasteiger charge is 2.32. The van der Waals surface area contributed by atoms with E-state index in [4.69, 9.17) is 15.0 Å². The number of hydrogen-bond acceptors (Lipinski definition) is 3. The Morgan fingerprint density at radius 3 is 1.35 bits per heavy atom. The predicted molar refractivity (Wildman–Crippen MR) is 235 cm³/mol. The average Bonchev–Trinajstić information content (AvgIpc) is 3.81. The van der Waals surface area contributed by atoms with Gasteiger partial charge in [-0.25, -0.2) is 4.98 Å². The molecular weight excluding hydrogens is 752 g/mol. The summed E-state index contributed by atoms with van der Waals surface area (Å²) >= 11 is 0. The molecule has 286 valence electrons. The van der Waals surface area contributed by atoms with Crippen LogP contribution in [0.4, 0.5) is 13.2 Å². The van der Waals surface area contributed by atoms with Crippen molar-refractivity contribution in [1.82, 2.24) is 24.1 Å². The third kappa shape index (κ3) is 5.91. The van der Waals surface area contributed by atoms with Gasteiger partial charge < -0.3 is 4.57 Å². The van der Waals surface area contributed by atoms with Crippen LogP contribution in [-0.2, 0) is 6.18 Å². The monoisotopic (exact) mass is 783 g/mol. The Morgan fingerprint density at radius 1 is 0.350 bits per heavy atom. The fraction of sp³-hybridized carbons (Fsp3) is 0.0192. The molecule has 0 spiro atoms. The number of fused-ring (bicyclic) bond motifs is 6. The zero-order chi connectivity index (χ0) is 40.4. The zero-order valence-electron chi connectivity index (χ0n) is 31.8. The third-order valence-electron chi connectivity index (χ3n) is 11.2. The van der Waals surface area contributed by atoms with Gasteiger partial charge in [-0.2, -0.15) is 23.1 Å². The summed E-state index contributed by atoms with van der Waals surface area (Å²) < 4.78 is 48.4. The van der Waals surface area contributed by atoms with Gasteiger partial charge in [0.1, 0.15) is 0 Å². The molecule has 0 bridgehead atoms. The van der Waals surface area contributed by atoms with Crippen LogP contribution in [0.5, 0.6) is 0 Å². The first-order valence-electron chi connectivity index (χ1n) is 19.6. The van der Waals surface area contributed by atoms with Crippen molar-refractivity contribution in [3.05, 3.63) is 200 Å². The second-order valence-corrected chi connectivity index (χ2v) is 14.8. The number of alkyl halides is 3. The van der Waals surface area contributed by atoms with Gasteiger partial charge in [0.05, 0.1) is 33.3 Å². The number of nitrogens with zero attached hydrogens (tertiary/aromatic N) is 5. The highest BCUT2D eigenvalue weighted by Crippen LogP contribution is 2.42. The summed E-state index contributed by atoms with van der Waals surface area (Å²) in [6.45, 7) is 0. The molecule has 0 fully saturated rings. The highest BCUT2D eigenvalue weighted by molar-refractivity contribution is 6.12. The molecule has 0 N–H and O–H groups in total. The second kappa shape index (κ2) is 13.9. The molecule has 0 aliphatic heterocycles. The standard InChI is InChI=1S/C52H32F3N5/c53-52(54,55)38-26-29-48(59-46-27-24-36(33-14-4-1-5-15-33)30-41(46)42-31-37(25-28-47(42)59)34-16-6-2-7-17-34)43(32-38)50-56-49(35-18-8-3-9-19-35)57-51(58-50)60-44-22-12-10-20-39(44)40-21-11-13-23-45(40)60/h1-32H. The van der Waals surface area contributed by atoms with Gasteiger partial charge in [-0.05, 0) is 76.9 Å². The average molecular weight is 784 g/mol. The Hall–Kier alpha value is -7.84. The first kappa shape index (κ1) is 35.3. The van der Waals surface area contributed by atoms with Crippen molar-refractivity contribution in [1.29, 1.82) is 0 Å². The molecular formula is C52H32F3N5. The van der Waals surface area contributed by atoms with Crippen LogP contribution in [0.1, 0.15) is 5.56 Å². The van der Waals surface area contributed by atoms with Crippen LogP contribution in [-0.4, -0.2) is 24.1 Å². The van der Waals surface area contributed by atoms with Crippen LogP contribution in [0, 0.1) is 0 Å². The van der Waals surface area contributed by atoms with Gasteiger partial charge in [-0.15, -0.1) is 0 Å². The minimum atomic E-state index is -4.63. The fourth-order valence-corrected chi connectivity index (χ4v) is 8.43. The van der Waals surface area contributed by atoms with Crippen LogP contribution >= 0.6 is 0 Å². The molecule has 8 aromatic carbocycles. The summed E-state index contributed by atoms with van der Waals surface area (Å²) in [5.74, 6) is 0.739. The Balaban J connectivity index is 1.22. The molecule has 0 amide bonds. The van der Waals surface area contributed by atoms with Gasteiger partial charge in [0.25, 0.3) is 0 Å². The van der Waals surface area contributed by atoms with E-state index in [2.05, 4.69) is 48.5 Å². The Kier molecular flexibility index (Phi) is 8.20. The summed E-state index contributed by atoms with van der Waals surface area (Å²) in [5.41, 5.74) is 8.18. The molecule has 0 aliphatic rings. The van der Waals surface area contributed by atoms with Gasteiger partial charge in [0.15, 0.2) is 11.6 Å². The van der Waals surface area contributed by atoms with E-state index >= 15 is 0 Å². The number of halogens is 3. The maximum Gasteiger partial charge on any atom is 0.416 e. The van der Waals surface area contributed by atoms with Gasteiger partial charge >= 0.3 is 6.18 Å². The normalized spacial score (nSPS) is 11.9. The van der Waals surface area contributed by atoms with E-state index in [9.17, 15) is 13.2 Å². The molecule has 60 heavy (non-hydrogen) atoms. The number of aromatic nitrogens is 5. The molecule has 0 saturated heterocycles. The molecule has 11 rings (SSSR count). The van der Waals surface area contributed by atoms with E-state index < -0.39 is 11.7 Å². The molecule has 3 heterocycles. The summed E-state index contributed by atoms with van der Waals surface area (Å²) in [5, 5.41) is 3.93. The van der Waals surface area contributed by atoms with Gasteiger partial charge in [0, 0.05) is 32.7 Å². The van der Waals surface area contributed by atoms with Gasteiger partial charge in [-0.3, -0.25) is 4.57 Å². The van der Waals surface area contributed by atoms with Crippen LogP contribution < -0.4 is 0 Å². The third-order valence-corrected chi connectivity index (χ3v) is 11.2. The van der Waals surface area contributed by atoms with Crippen molar-refractivity contribution < 1.29 is 13.2 Å². The number of hydrogen-bond donors (Lipinski definition) is 0. The Labute approximate surface area is 342 Å². The molecule has 0 radical (unpaired) electrons. The van der Waals surface area contributed by atoms with Crippen molar-refractivity contribution in [3.63, 3.8) is 0 Å². The maximum absolute atomic E-state index is 14.8. The van der Waals surface area contributed by atoms with Crippen molar-refractivity contribution in [2.45, 2.75) is 6.18 Å². The van der Waals surface area contributed by atoms with Crippen molar-refractivity contribution >= 4 is 43.6 Å². The fourth-order valence-electron chi connectivity index (χ4n) is 8.43. The van der Waals surface area contributed by atoms with Crippen LogP contribution in [0.15, 0.2) is 194 Å². The van der Waals surface area contributed by atoms with E-state index in [1.165, 1.54) is 6.07 Å². The first-order chi connectivity index (χ1) is 29.4. The van der Waals surface area contributed by atoms with Crippen LogP contribution in [0.3, 0.4) is 0 Å². The van der Waals surface area contributed by atoms with E-state index in [1.54, 1.807) is 6.07 Å². The molecule has 0 unspecified atom stereocenters. The molecule has 11 aromatic rings. The minimum Gasteiger partial charge on any atom is -0.309 e. The lowest BCUT2D eigenvalue weighted by molar-refractivity contribution is -0.137. The van der Waals surface area contributed by atoms with E-state index in [-0.39, 0.29) is 11.4 Å². The number of benzene rings is 8. The summed E-state index contributed by atoms with van der Waals surface area (Å²) in [4.78, 5) is 15.1. The molecule has 8 heteroatoms. The summed E-state index contributed by atoms with van der Waals surface area (Å²) in [6, 6.07) is 62.2. The molecule has 0 saturated carbocycles. The predicted octanol–water partition coefficient (Wildman–Crippen LogP) is 13.8. The minimum absolute atomic E-state index is 0.110. The van der Waals surface area contributed by atoms with Crippen molar-refractivity contribution in [3.8, 4) is 56.7 Å². The van der Waals surface area contributed by atoms with Crippen molar-refractivity contribution in [2.75, 3.05) is 0 Å². The van der Waals surface area contributed by atoms with Crippen LogP contribution in [0.2, 0.25) is 0 Å². The lowest BCUT2D eigenvalue weighted by atomic mass is 10.0. The van der Waals surface area contributed by atoms with E-state index in [1.807, 2.05) is 137 Å². The highest BCUT2D eigenvalue weighted by atomic mass is 19.4. The SMILES string of the molecule is FC(F)(F)c1ccc(-n2c3ccc(-c4ccccc4)cc3c3cc(-c4ccccc4)ccc32)c(-c2nc(-c3ccccc3)nc(-n3c4ccccc4c4ccccc43)n2)c1. The largest absolute Gasteiger partial charge is 0.416 e. The number of para-hydroxylation sites is 2. The quantitative estimate of drug-likeness (QED) is 0.169. The molecule has 3 aromatic heterocycles. The van der Waals surface area contributed by atoms with E-state index in [0.29, 0.717) is 23.0 Å². The van der Waals surface area contributed by atoms with E-state index in [0.717, 1.165) is 71.9 Å². The molecule has 5 nitrogen and oxygen atoms in total. The number of rotatable bonds is 6. The lowest BCUT2D eigenvalue weighted by Crippen LogP contribution is -2.10. The molecule has 0 aliphatic carbocycles. The molecule has 0 atom stereocenters. The summed E-state index contributed by atoms with van der Waals surface area (Å²) in [6.07, 6.45) is -4.63. The summed E-state index contributed by atoms with van der Waals surface area (Å²) in [7, 11) is 0. The zero-order valence-corrected chi connectivity index (χ0v) is 31.8. The first-order valence-corrected chi connectivity index (χ1v) is 19.6. The van der Waals surface area contributed by atoms with Gasteiger partial charge in [-0.1, -0.05) is 140 Å². The Morgan fingerprint density at radius 2 is 0.817 bits per heavy atom. The van der Waals surface area contributed by atoms with Gasteiger partial charge in [0.2, 0.25) is 5.95 Å². The van der Waals surface area contributed by atoms with Crippen molar-refractivity contribution in [2.24, 2.45) is 0 Å². The topological polar surface area (TPSA) is 48.5 Å². The lowest BCUT2D eigenvalue weighted by Gasteiger charge is -2.17.